The smallest absolute Gasteiger partial charge is 0.308 e. The van der Waals surface area contributed by atoms with E-state index in [1.54, 1.807) is 0 Å². The monoisotopic (exact) mass is 480 g/mol. The highest BCUT2D eigenvalue weighted by Gasteiger charge is 2.31. The van der Waals surface area contributed by atoms with Crippen molar-refractivity contribution in [2.45, 2.75) is 131 Å². The summed E-state index contributed by atoms with van der Waals surface area (Å²) < 4.78 is 11.2. The van der Waals surface area contributed by atoms with Crippen LogP contribution in [-0.4, -0.2) is 25.2 Å². The molecule has 2 unspecified atom stereocenters. The normalized spacial score (nSPS) is 20.4. The van der Waals surface area contributed by atoms with Gasteiger partial charge < -0.3 is 9.47 Å². The molecule has 1 fully saturated rings. The Bertz CT molecular complexity index is 486. The summed E-state index contributed by atoms with van der Waals surface area (Å²) in [5, 5.41) is 0. The molecule has 1 aliphatic carbocycles. The minimum atomic E-state index is -0.0647. The van der Waals surface area contributed by atoms with E-state index in [0.717, 1.165) is 50.4 Å². The molecule has 0 N–H and O–H groups in total. The maximum atomic E-state index is 12.4. The molecule has 1 saturated carbocycles. The van der Waals surface area contributed by atoms with Gasteiger partial charge in [0.2, 0.25) is 0 Å². The Kier molecular flexibility index (Phi) is 16.6. The van der Waals surface area contributed by atoms with Crippen molar-refractivity contribution in [3.63, 3.8) is 0 Å². The summed E-state index contributed by atoms with van der Waals surface area (Å²) in [4.78, 5) is 24.9. The quantitative estimate of drug-likeness (QED) is 0.146. The number of esters is 2. The predicted octanol–water partition coefficient (Wildman–Crippen LogP) is 8.36. The van der Waals surface area contributed by atoms with Crippen LogP contribution in [0.15, 0.2) is 0 Å². The van der Waals surface area contributed by atoms with Crippen molar-refractivity contribution >= 4 is 11.9 Å². The summed E-state index contributed by atoms with van der Waals surface area (Å²) in [5.74, 6) is 2.56. The highest BCUT2D eigenvalue weighted by Crippen LogP contribution is 2.31. The lowest BCUT2D eigenvalue weighted by atomic mass is 9.82. The van der Waals surface area contributed by atoms with Gasteiger partial charge in [0, 0.05) is 0 Å². The fraction of sp³-hybridized carbons (Fsp3) is 0.933. The van der Waals surface area contributed by atoms with Gasteiger partial charge in [-0.1, -0.05) is 92.9 Å². The van der Waals surface area contributed by atoms with Crippen LogP contribution in [-0.2, 0) is 19.1 Å². The fourth-order valence-electron chi connectivity index (χ4n) is 4.90. The molecule has 0 spiro atoms. The van der Waals surface area contributed by atoms with Crippen molar-refractivity contribution in [3.05, 3.63) is 0 Å². The van der Waals surface area contributed by atoms with Crippen LogP contribution < -0.4 is 0 Å². The van der Waals surface area contributed by atoms with E-state index in [9.17, 15) is 9.59 Å². The molecule has 0 radical (unpaired) electrons. The molecule has 0 amide bonds. The van der Waals surface area contributed by atoms with E-state index >= 15 is 0 Å². The van der Waals surface area contributed by atoms with Gasteiger partial charge in [0.15, 0.2) is 0 Å². The van der Waals surface area contributed by atoms with Crippen molar-refractivity contribution < 1.29 is 19.1 Å². The van der Waals surface area contributed by atoms with E-state index in [1.807, 2.05) is 0 Å². The van der Waals surface area contributed by atoms with Crippen molar-refractivity contribution in [1.82, 2.24) is 0 Å². The van der Waals surface area contributed by atoms with Crippen molar-refractivity contribution in [3.8, 4) is 0 Å². The van der Waals surface area contributed by atoms with Gasteiger partial charge in [-0.2, -0.15) is 0 Å². The van der Waals surface area contributed by atoms with Gasteiger partial charge in [-0.15, -0.1) is 0 Å². The lowest BCUT2D eigenvalue weighted by Gasteiger charge is -2.26. The summed E-state index contributed by atoms with van der Waals surface area (Å²) in [5.41, 5.74) is 0. The second-order valence-electron chi connectivity index (χ2n) is 12.0. The largest absolute Gasteiger partial charge is 0.465 e. The Labute approximate surface area is 211 Å². The summed E-state index contributed by atoms with van der Waals surface area (Å²) >= 11 is 0. The van der Waals surface area contributed by atoms with Gasteiger partial charge >= 0.3 is 11.9 Å². The van der Waals surface area contributed by atoms with E-state index in [0.29, 0.717) is 25.0 Å². The lowest BCUT2D eigenvalue weighted by Crippen LogP contribution is -2.28. The third kappa shape index (κ3) is 15.0. The molecule has 0 bridgehead atoms. The molecule has 0 heterocycles. The highest BCUT2D eigenvalue weighted by molar-refractivity contribution is 5.75. The first-order valence-corrected chi connectivity index (χ1v) is 14.5. The maximum absolute atomic E-state index is 12.4. The zero-order valence-electron chi connectivity index (χ0n) is 23.4. The van der Waals surface area contributed by atoms with E-state index in [4.69, 9.17) is 9.47 Å². The topological polar surface area (TPSA) is 52.6 Å². The number of hydrogen-bond donors (Lipinski definition) is 0. The zero-order valence-corrected chi connectivity index (χ0v) is 23.4. The van der Waals surface area contributed by atoms with Crippen LogP contribution in [0.2, 0.25) is 0 Å². The van der Waals surface area contributed by atoms with Gasteiger partial charge in [-0.05, 0) is 62.2 Å². The Morgan fingerprint density at radius 2 is 0.882 bits per heavy atom. The SMILES string of the molecule is CC(C)CCCCC(C)CCOC(=O)C1CCC(C(=O)OCCC(C)CCCCC(C)C)CC1. The number of ether oxygens (including phenoxy) is 2. The zero-order chi connectivity index (χ0) is 25.3. The van der Waals surface area contributed by atoms with Crippen LogP contribution in [0, 0.1) is 35.5 Å². The Morgan fingerprint density at radius 1 is 0.559 bits per heavy atom. The molecule has 1 aliphatic rings. The molecule has 2 atom stereocenters. The van der Waals surface area contributed by atoms with Crippen LogP contribution in [0.1, 0.15) is 131 Å². The standard InChI is InChI=1S/C30H56O4/c1-23(2)11-7-9-13-25(5)19-21-33-29(31)27-15-17-28(18-16-27)30(32)34-22-20-26(6)14-10-8-12-24(3)4/h23-28H,7-22H2,1-6H3. The molecular formula is C30H56O4. The molecule has 0 aromatic carbocycles. The Balaban J connectivity index is 2.10. The molecule has 34 heavy (non-hydrogen) atoms. The van der Waals surface area contributed by atoms with Crippen LogP contribution in [0.25, 0.3) is 0 Å². The first-order chi connectivity index (χ1) is 16.2. The molecule has 1 rings (SSSR count). The molecule has 4 nitrogen and oxygen atoms in total. The third-order valence-corrected chi connectivity index (χ3v) is 7.56. The molecule has 0 saturated heterocycles. The van der Waals surface area contributed by atoms with Crippen molar-refractivity contribution in [2.75, 3.05) is 13.2 Å². The first kappa shape index (κ1) is 31.0. The molecule has 0 aliphatic heterocycles. The van der Waals surface area contributed by atoms with Gasteiger partial charge in [0.1, 0.15) is 0 Å². The Hall–Kier alpha value is -1.06. The summed E-state index contributed by atoms with van der Waals surface area (Å²) in [6, 6.07) is 0. The van der Waals surface area contributed by atoms with Crippen LogP contribution in [0.3, 0.4) is 0 Å². The van der Waals surface area contributed by atoms with Crippen molar-refractivity contribution in [1.29, 1.82) is 0 Å². The average molecular weight is 481 g/mol. The molecule has 0 aromatic rings. The summed E-state index contributed by atoms with van der Waals surface area (Å²) in [6.07, 6.45) is 15.0. The second kappa shape index (κ2) is 18.2. The second-order valence-corrected chi connectivity index (χ2v) is 12.0. The molecule has 0 aromatic heterocycles. The molecule has 4 heteroatoms. The number of carbonyl (C=O) groups excluding carboxylic acids is 2. The number of rotatable bonds is 18. The van der Waals surface area contributed by atoms with E-state index < -0.39 is 0 Å². The van der Waals surface area contributed by atoms with Crippen LogP contribution in [0.5, 0.6) is 0 Å². The predicted molar refractivity (Wildman–Crippen MR) is 142 cm³/mol. The van der Waals surface area contributed by atoms with Gasteiger partial charge in [-0.3, -0.25) is 9.59 Å². The highest BCUT2D eigenvalue weighted by atomic mass is 16.5. The lowest BCUT2D eigenvalue weighted by molar-refractivity contribution is -0.155. The first-order valence-electron chi connectivity index (χ1n) is 14.5. The molecule has 200 valence electrons. The number of carbonyl (C=O) groups is 2. The average Bonchev–Trinajstić information content (AvgIpc) is 2.79. The van der Waals surface area contributed by atoms with E-state index in [2.05, 4.69) is 41.5 Å². The maximum Gasteiger partial charge on any atom is 0.308 e. The van der Waals surface area contributed by atoms with Crippen LogP contribution >= 0.6 is 0 Å². The van der Waals surface area contributed by atoms with Crippen molar-refractivity contribution in [2.24, 2.45) is 35.5 Å². The third-order valence-electron chi connectivity index (χ3n) is 7.56. The number of hydrogen-bond acceptors (Lipinski definition) is 4. The minimum Gasteiger partial charge on any atom is -0.465 e. The van der Waals surface area contributed by atoms with Crippen LogP contribution in [0.4, 0.5) is 0 Å². The van der Waals surface area contributed by atoms with Gasteiger partial charge in [-0.25, -0.2) is 0 Å². The fourth-order valence-corrected chi connectivity index (χ4v) is 4.90. The summed E-state index contributed by atoms with van der Waals surface area (Å²) in [7, 11) is 0. The number of unbranched alkanes of at least 4 members (excludes halogenated alkanes) is 2. The Morgan fingerprint density at radius 3 is 1.21 bits per heavy atom. The van der Waals surface area contributed by atoms with E-state index in [1.165, 1.54) is 51.4 Å². The minimum absolute atomic E-state index is 0.0451. The van der Waals surface area contributed by atoms with Gasteiger partial charge in [0.25, 0.3) is 0 Å². The van der Waals surface area contributed by atoms with E-state index in [-0.39, 0.29) is 23.8 Å². The van der Waals surface area contributed by atoms with Gasteiger partial charge in [0.05, 0.1) is 25.0 Å². The summed E-state index contributed by atoms with van der Waals surface area (Å²) in [6.45, 7) is 14.7. The molecular weight excluding hydrogens is 424 g/mol.